The van der Waals surface area contributed by atoms with Gasteiger partial charge in [0.05, 0.1) is 10.5 Å². The van der Waals surface area contributed by atoms with Gasteiger partial charge in [0.1, 0.15) is 0 Å². The summed E-state index contributed by atoms with van der Waals surface area (Å²) in [5, 5.41) is 4.36. The third-order valence-electron chi connectivity index (χ3n) is 5.46. The smallest absolute Gasteiger partial charge is 0.335 e. The Kier molecular flexibility index (Phi) is 5.35. The number of rotatable bonds is 3. The molecule has 0 atom stereocenters. The van der Waals surface area contributed by atoms with E-state index >= 15 is 0 Å². The molecular weight excluding hydrogens is 421 g/mol. The largest absolute Gasteiger partial charge is 0.416 e. The van der Waals surface area contributed by atoms with E-state index in [2.05, 4.69) is 5.10 Å². The Morgan fingerprint density at radius 2 is 1.73 bits per heavy atom. The standard InChI is InChI=1S/C19H21F3N4O3S/c20-19(21,22)14-4-3-6-16(12-14)30(28,29)25-10-8-24(9-11-25)18(27)17-13-15-5-1-2-7-26(15)23-17/h3-4,6,12-13H,1-2,5,7-11H2. The lowest BCUT2D eigenvalue weighted by atomic mass is 10.1. The summed E-state index contributed by atoms with van der Waals surface area (Å²) < 4.78 is 67.3. The molecule has 0 radical (unpaired) electrons. The van der Waals surface area contributed by atoms with E-state index < -0.39 is 26.7 Å². The number of carbonyl (C=O) groups is 1. The quantitative estimate of drug-likeness (QED) is 0.732. The highest BCUT2D eigenvalue weighted by Gasteiger charge is 2.35. The Hall–Kier alpha value is -2.40. The molecule has 1 aromatic carbocycles. The molecule has 2 aliphatic heterocycles. The molecule has 0 spiro atoms. The number of aryl methyl sites for hydroxylation is 2. The van der Waals surface area contributed by atoms with Crippen LogP contribution in [0.25, 0.3) is 0 Å². The molecule has 1 aromatic heterocycles. The monoisotopic (exact) mass is 442 g/mol. The fraction of sp³-hybridized carbons (Fsp3) is 0.474. The van der Waals surface area contributed by atoms with Gasteiger partial charge >= 0.3 is 6.18 Å². The van der Waals surface area contributed by atoms with Crippen LogP contribution in [0.5, 0.6) is 0 Å². The summed E-state index contributed by atoms with van der Waals surface area (Å²) in [6.45, 7) is 1.11. The minimum atomic E-state index is -4.62. The van der Waals surface area contributed by atoms with Gasteiger partial charge in [-0.2, -0.15) is 22.6 Å². The van der Waals surface area contributed by atoms with Crippen molar-refractivity contribution in [2.24, 2.45) is 0 Å². The second-order valence-electron chi connectivity index (χ2n) is 7.42. The molecule has 0 unspecified atom stereocenters. The van der Waals surface area contributed by atoms with E-state index in [4.69, 9.17) is 0 Å². The summed E-state index contributed by atoms with van der Waals surface area (Å²) >= 11 is 0. The van der Waals surface area contributed by atoms with Crippen molar-refractivity contribution in [2.45, 2.75) is 36.9 Å². The molecule has 1 amide bonds. The SMILES string of the molecule is O=C(c1cc2n(n1)CCCC2)N1CCN(S(=O)(=O)c2cccc(C(F)(F)F)c2)CC1. The molecule has 162 valence electrons. The van der Waals surface area contributed by atoms with E-state index in [9.17, 15) is 26.4 Å². The van der Waals surface area contributed by atoms with Crippen LogP contribution in [0.4, 0.5) is 13.2 Å². The van der Waals surface area contributed by atoms with E-state index in [0.29, 0.717) is 11.8 Å². The Morgan fingerprint density at radius 3 is 2.40 bits per heavy atom. The van der Waals surface area contributed by atoms with Crippen LogP contribution in [-0.4, -0.2) is 59.5 Å². The number of benzene rings is 1. The Morgan fingerprint density at radius 1 is 1.00 bits per heavy atom. The topological polar surface area (TPSA) is 75.5 Å². The molecule has 30 heavy (non-hydrogen) atoms. The average Bonchev–Trinajstić information content (AvgIpc) is 3.17. The Bertz CT molecular complexity index is 1030. The van der Waals surface area contributed by atoms with Gasteiger partial charge in [0.25, 0.3) is 5.91 Å². The predicted molar refractivity (Wildman–Crippen MR) is 101 cm³/mol. The third-order valence-corrected chi connectivity index (χ3v) is 7.35. The van der Waals surface area contributed by atoms with Gasteiger partial charge < -0.3 is 4.90 Å². The van der Waals surface area contributed by atoms with Crippen LogP contribution in [0, 0.1) is 0 Å². The molecule has 7 nitrogen and oxygen atoms in total. The van der Waals surface area contributed by atoms with Gasteiger partial charge in [-0.25, -0.2) is 8.42 Å². The molecule has 2 aliphatic rings. The predicted octanol–water partition coefficient (Wildman–Crippen LogP) is 2.38. The lowest BCUT2D eigenvalue weighted by molar-refractivity contribution is -0.137. The van der Waals surface area contributed by atoms with Gasteiger partial charge in [-0.15, -0.1) is 0 Å². The molecule has 4 rings (SSSR count). The highest BCUT2D eigenvalue weighted by molar-refractivity contribution is 7.89. The fourth-order valence-electron chi connectivity index (χ4n) is 3.80. The number of hydrogen-bond acceptors (Lipinski definition) is 4. The van der Waals surface area contributed by atoms with E-state index in [1.54, 1.807) is 6.07 Å². The van der Waals surface area contributed by atoms with Gasteiger partial charge in [0.15, 0.2) is 5.69 Å². The van der Waals surface area contributed by atoms with Gasteiger partial charge in [0.2, 0.25) is 10.0 Å². The summed E-state index contributed by atoms with van der Waals surface area (Å²) in [7, 11) is -4.09. The first-order chi connectivity index (χ1) is 14.2. The number of fused-ring (bicyclic) bond motifs is 1. The number of sulfonamides is 1. The summed E-state index contributed by atoms with van der Waals surface area (Å²) in [6, 6.07) is 5.49. The fourth-order valence-corrected chi connectivity index (χ4v) is 5.27. The summed E-state index contributed by atoms with van der Waals surface area (Å²) in [5.74, 6) is -0.256. The maximum absolute atomic E-state index is 12.9. The van der Waals surface area contributed by atoms with Crippen molar-refractivity contribution >= 4 is 15.9 Å². The normalized spacial score (nSPS) is 18.3. The second kappa shape index (κ2) is 7.69. The third kappa shape index (κ3) is 3.95. The summed E-state index contributed by atoms with van der Waals surface area (Å²) in [4.78, 5) is 13.9. The zero-order valence-electron chi connectivity index (χ0n) is 16.1. The molecule has 0 N–H and O–H groups in total. The van der Waals surface area contributed by atoms with Crippen LogP contribution in [0.2, 0.25) is 0 Å². The van der Waals surface area contributed by atoms with Crippen molar-refractivity contribution in [1.29, 1.82) is 0 Å². The highest BCUT2D eigenvalue weighted by atomic mass is 32.2. The van der Waals surface area contributed by atoms with Crippen LogP contribution in [0.15, 0.2) is 35.2 Å². The lowest BCUT2D eigenvalue weighted by Gasteiger charge is -2.33. The number of nitrogens with zero attached hydrogens (tertiary/aromatic N) is 4. The van der Waals surface area contributed by atoms with Gasteiger partial charge in [-0.1, -0.05) is 6.07 Å². The van der Waals surface area contributed by atoms with Crippen LogP contribution in [0.3, 0.4) is 0 Å². The number of alkyl halides is 3. The molecule has 0 aliphatic carbocycles. The minimum Gasteiger partial charge on any atom is -0.335 e. The van der Waals surface area contributed by atoms with Crippen LogP contribution < -0.4 is 0 Å². The number of hydrogen-bond donors (Lipinski definition) is 0. The minimum absolute atomic E-state index is 0.0118. The van der Waals surface area contributed by atoms with E-state index in [1.807, 2.05) is 4.68 Å². The van der Waals surface area contributed by atoms with Crippen molar-refractivity contribution in [3.05, 3.63) is 47.3 Å². The highest BCUT2D eigenvalue weighted by Crippen LogP contribution is 2.31. The Balaban J connectivity index is 1.45. The van der Waals surface area contributed by atoms with Gasteiger partial charge in [-0.05, 0) is 43.5 Å². The molecule has 0 saturated carbocycles. The van der Waals surface area contributed by atoms with E-state index in [1.165, 1.54) is 4.90 Å². The Labute approximate surface area is 172 Å². The first-order valence-electron chi connectivity index (χ1n) is 9.70. The molecule has 3 heterocycles. The van der Waals surface area contributed by atoms with Crippen LogP contribution in [-0.2, 0) is 29.2 Å². The van der Waals surface area contributed by atoms with Crippen molar-refractivity contribution in [3.8, 4) is 0 Å². The number of carbonyl (C=O) groups excluding carboxylic acids is 1. The van der Waals surface area contributed by atoms with Crippen molar-refractivity contribution in [2.75, 3.05) is 26.2 Å². The van der Waals surface area contributed by atoms with Crippen molar-refractivity contribution < 1.29 is 26.4 Å². The van der Waals surface area contributed by atoms with Gasteiger partial charge in [0, 0.05) is 38.4 Å². The first kappa shape index (κ1) is 20.9. The van der Waals surface area contributed by atoms with Crippen LogP contribution >= 0.6 is 0 Å². The molecule has 1 fully saturated rings. The summed E-state index contributed by atoms with van der Waals surface area (Å²) in [6.07, 6.45) is -1.66. The number of aromatic nitrogens is 2. The summed E-state index contributed by atoms with van der Waals surface area (Å²) in [5.41, 5.74) is 0.359. The first-order valence-corrected chi connectivity index (χ1v) is 11.1. The molecular formula is C19H21F3N4O3S. The molecule has 0 bridgehead atoms. The molecule has 2 aromatic rings. The zero-order valence-corrected chi connectivity index (χ0v) is 16.9. The number of piperazine rings is 1. The van der Waals surface area contributed by atoms with E-state index in [-0.39, 0.29) is 32.1 Å². The molecule has 1 saturated heterocycles. The van der Waals surface area contributed by atoms with Crippen molar-refractivity contribution in [3.63, 3.8) is 0 Å². The van der Waals surface area contributed by atoms with Crippen LogP contribution in [0.1, 0.15) is 34.6 Å². The zero-order chi connectivity index (χ0) is 21.5. The maximum atomic E-state index is 12.9. The average molecular weight is 442 g/mol. The lowest BCUT2D eigenvalue weighted by Crippen LogP contribution is -2.50. The van der Waals surface area contributed by atoms with Gasteiger partial charge in [-0.3, -0.25) is 9.48 Å². The number of amides is 1. The maximum Gasteiger partial charge on any atom is 0.416 e. The number of halogens is 3. The van der Waals surface area contributed by atoms with E-state index in [0.717, 1.165) is 54.0 Å². The second-order valence-corrected chi connectivity index (χ2v) is 9.36. The molecule has 11 heteroatoms. The van der Waals surface area contributed by atoms with Crippen molar-refractivity contribution in [1.82, 2.24) is 19.0 Å².